The van der Waals surface area contributed by atoms with Crippen LogP contribution in [0.25, 0.3) is 16.5 Å². The van der Waals surface area contributed by atoms with Gasteiger partial charge in [-0.05, 0) is 35.4 Å². The van der Waals surface area contributed by atoms with Crippen LogP contribution in [0.15, 0.2) is 54.7 Å². The normalized spacial score (nSPS) is 18.4. The van der Waals surface area contributed by atoms with Gasteiger partial charge in [-0.25, -0.2) is 4.79 Å². The molecule has 0 radical (unpaired) electrons. The zero-order valence-corrected chi connectivity index (χ0v) is 21.1. The van der Waals surface area contributed by atoms with Gasteiger partial charge in [0.2, 0.25) is 5.91 Å². The second kappa shape index (κ2) is 9.43. The molecule has 1 fully saturated rings. The number of pyridine rings is 1. The van der Waals surface area contributed by atoms with Gasteiger partial charge in [0.1, 0.15) is 0 Å². The number of aromatic nitrogens is 1. The molecule has 0 saturated carbocycles. The van der Waals surface area contributed by atoms with Gasteiger partial charge in [-0.2, -0.15) is 13.2 Å². The summed E-state index contributed by atoms with van der Waals surface area (Å²) in [5.74, 6) is -0.305. The van der Waals surface area contributed by atoms with Crippen molar-refractivity contribution in [2.24, 2.45) is 5.41 Å². The Labute approximate surface area is 218 Å². The summed E-state index contributed by atoms with van der Waals surface area (Å²) in [6.07, 6.45) is -0.423. The fraction of sp³-hybridized carbons (Fsp3) is 0.321. The quantitative estimate of drug-likeness (QED) is 0.459. The highest BCUT2D eigenvalue weighted by Crippen LogP contribution is 2.42. The zero-order chi connectivity index (χ0) is 27.2. The zero-order valence-electron chi connectivity index (χ0n) is 21.1. The fourth-order valence-corrected chi connectivity index (χ4v) is 5.26. The Morgan fingerprint density at radius 3 is 2.50 bits per heavy atom. The maximum Gasteiger partial charge on any atom is 0.416 e. The van der Waals surface area contributed by atoms with Crippen LogP contribution in [0.3, 0.4) is 0 Å². The van der Waals surface area contributed by atoms with Gasteiger partial charge in [0.15, 0.2) is 0 Å². The van der Waals surface area contributed by atoms with E-state index in [1.54, 1.807) is 6.20 Å². The number of nitrogens with zero attached hydrogens (tertiary/aromatic N) is 3. The third kappa shape index (κ3) is 4.96. The molecule has 0 atom stereocenters. The molecule has 0 unspecified atom stereocenters. The second-order valence-electron chi connectivity index (χ2n) is 10.4. The lowest BCUT2D eigenvalue weighted by Crippen LogP contribution is -2.49. The first-order valence-electron chi connectivity index (χ1n) is 12.3. The van der Waals surface area contributed by atoms with E-state index in [0.717, 1.165) is 28.8 Å². The topological polar surface area (TPSA) is 91.6 Å². The van der Waals surface area contributed by atoms with E-state index in [9.17, 15) is 22.8 Å². The molecule has 5 rings (SSSR count). The van der Waals surface area contributed by atoms with Crippen molar-refractivity contribution >= 4 is 39.8 Å². The number of benzene rings is 2. The first-order valence-corrected chi connectivity index (χ1v) is 12.3. The van der Waals surface area contributed by atoms with E-state index >= 15 is 0 Å². The van der Waals surface area contributed by atoms with Gasteiger partial charge in [0, 0.05) is 54.7 Å². The molecule has 3 amide bonds. The molecular formula is C28H28F3N5O2. The van der Waals surface area contributed by atoms with Crippen molar-refractivity contribution in [1.82, 2.24) is 15.2 Å². The Morgan fingerprint density at radius 2 is 1.84 bits per heavy atom. The largest absolute Gasteiger partial charge is 0.416 e. The maximum absolute atomic E-state index is 12.9. The molecule has 3 N–H and O–H groups in total. The van der Waals surface area contributed by atoms with Crippen LogP contribution < -0.4 is 16.0 Å². The van der Waals surface area contributed by atoms with Crippen molar-refractivity contribution in [1.29, 1.82) is 0 Å². The summed E-state index contributed by atoms with van der Waals surface area (Å²) in [6.45, 7) is 6.35. The van der Waals surface area contributed by atoms with Gasteiger partial charge in [0.25, 0.3) is 0 Å². The van der Waals surface area contributed by atoms with Gasteiger partial charge in [0.05, 0.1) is 23.0 Å². The van der Waals surface area contributed by atoms with Crippen molar-refractivity contribution in [2.45, 2.75) is 33.0 Å². The molecule has 3 aromatic rings. The number of anilines is 2. The van der Waals surface area contributed by atoms with Crippen LogP contribution in [0.1, 0.15) is 37.0 Å². The van der Waals surface area contributed by atoms with Crippen molar-refractivity contribution in [2.75, 3.05) is 30.3 Å². The van der Waals surface area contributed by atoms with E-state index in [-0.39, 0.29) is 24.3 Å². The number of imide groups is 1. The van der Waals surface area contributed by atoms with Crippen molar-refractivity contribution in [3.63, 3.8) is 0 Å². The molecule has 2 aromatic carbocycles. The highest BCUT2D eigenvalue weighted by Gasteiger charge is 2.33. The van der Waals surface area contributed by atoms with Crippen molar-refractivity contribution in [3.8, 4) is 0 Å². The molecule has 0 bridgehead atoms. The predicted octanol–water partition coefficient (Wildman–Crippen LogP) is 5.21. The lowest BCUT2D eigenvalue weighted by atomic mass is 9.76. The maximum atomic E-state index is 12.9. The molecule has 7 nitrogen and oxygen atoms in total. The van der Waals surface area contributed by atoms with Crippen LogP contribution in [0.2, 0.25) is 0 Å². The third-order valence-electron chi connectivity index (χ3n) is 7.14. The first-order chi connectivity index (χ1) is 17.9. The summed E-state index contributed by atoms with van der Waals surface area (Å²) < 4.78 is 38.7. The molecular weight excluding hydrogens is 495 g/mol. The number of nitrogens with one attached hydrogen (secondary N) is 1. The Kier molecular flexibility index (Phi) is 6.38. The number of nitrogen functional groups attached to an aromatic ring is 1. The van der Waals surface area contributed by atoms with Crippen molar-refractivity contribution < 1.29 is 22.8 Å². The molecule has 1 saturated heterocycles. The molecule has 10 heteroatoms. The number of carbonyl (C=O) groups excluding carboxylic acids is 2. The number of amides is 3. The van der Waals surface area contributed by atoms with E-state index in [1.165, 1.54) is 17.0 Å². The van der Waals surface area contributed by atoms with E-state index in [1.807, 2.05) is 18.2 Å². The van der Waals surface area contributed by atoms with Crippen LogP contribution in [0.4, 0.5) is 29.3 Å². The SMILES string of the molecule is CC1(C)CN(Cc2ccc(C(F)(F)F)cc2)CC=C1c1ccc2ncc(N3CCC(=O)NC3=O)cc2c1N. The summed E-state index contributed by atoms with van der Waals surface area (Å²) in [4.78, 5) is 32.0. The van der Waals surface area contributed by atoms with Crippen LogP contribution in [-0.2, 0) is 17.5 Å². The average Bonchev–Trinajstić information content (AvgIpc) is 2.84. The number of carbonyl (C=O) groups is 2. The number of rotatable bonds is 4. The summed E-state index contributed by atoms with van der Waals surface area (Å²) in [5, 5.41) is 3.04. The van der Waals surface area contributed by atoms with Gasteiger partial charge in [-0.1, -0.05) is 38.1 Å². The summed E-state index contributed by atoms with van der Waals surface area (Å²) in [5.41, 5.74) is 10.3. The minimum Gasteiger partial charge on any atom is -0.398 e. The van der Waals surface area contributed by atoms with E-state index in [4.69, 9.17) is 5.73 Å². The van der Waals surface area contributed by atoms with E-state index < -0.39 is 17.8 Å². The monoisotopic (exact) mass is 523 g/mol. The summed E-state index contributed by atoms with van der Waals surface area (Å²) in [7, 11) is 0. The summed E-state index contributed by atoms with van der Waals surface area (Å²) >= 11 is 0. The number of alkyl halides is 3. The number of fused-ring (bicyclic) bond motifs is 1. The standard InChI is InChI=1S/C28H28F3N5O2/c1-27(2)16-35(15-17-3-5-18(6-4-17)28(29,30)31)11-9-22(27)20-7-8-23-21(25(20)32)13-19(14-33-23)36-12-10-24(37)34-26(36)38/h3-9,13-14H,10-12,15-16,32H2,1-2H3,(H,34,37,38). The Morgan fingerprint density at radius 1 is 1.11 bits per heavy atom. The smallest absolute Gasteiger partial charge is 0.398 e. The lowest BCUT2D eigenvalue weighted by Gasteiger charge is -2.39. The first kappa shape index (κ1) is 25.7. The number of hydrogen-bond donors (Lipinski definition) is 2. The molecule has 198 valence electrons. The third-order valence-corrected chi connectivity index (χ3v) is 7.14. The fourth-order valence-electron chi connectivity index (χ4n) is 5.26. The predicted molar refractivity (Wildman–Crippen MR) is 140 cm³/mol. The Hall–Kier alpha value is -3.92. The van der Waals surface area contributed by atoms with E-state index in [0.29, 0.717) is 41.9 Å². The number of hydrogen-bond acceptors (Lipinski definition) is 5. The highest BCUT2D eigenvalue weighted by atomic mass is 19.4. The van der Waals surface area contributed by atoms with Crippen LogP contribution in [0, 0.1) is 5.41 Å². The molecule has 0 aliphatic carbocycles. The molecule has 2 aliphatic rings. The van der Waals surface area contributed by atoms with Crippen molar-refractivity contribution in [3.05, 3.63) is 71.4 Å². The molecule has 38 heavy (non-hydrogen) atoms. The van der Waals surface area contributed by atoms with Gasteiger partial charge in [-0.3, -0.25) is 24.9 Å². The van der Waals surface area contributed by atoms with Crippen LogP contribution >= 0.6 is 0 Å². The molecule has 3 heterocycles. The Balaban J connectivity index is 1.40. The minimum absolute atomic E-state index is 0.212. The van der Waals surface area contributed by atoms with Gasteiger partial charge >= 0.3 is 12.2 Å². The number of nitrogens with two attached hydrogens (primary N) is 1. The molecule has 2 aliphatic heterocycles. The van der Waals surface area contributed by atoms with Crippen LogP contribution in [-0.4, -0.2) is 41.5 Å². The van der Waals surface area contributed by atoms with Gasteiger partial charge < -0.3 is 5.73 Å². The lowest BCUT2D eigenvalue weighted by molar-refractivity contribution is -0.137. The molecule has 0 spiro atoms. The minimum atomic E-state index is -4.35. The second-order valence-corrected chi connectivity index (χ2v) is 10.4. The van der Waals surface area contributed by atoms with Gasteiger partial charge in [-0.15, -0.1) is 0 Å². The number of halogens is 3. The number of urea groups is 1. The van der Waals surface area contributed by atoms with Crippen LogP contribution in [0.5, 0.6) is 0 Å². The Bertz CT molecular complexity index is 1450. The average molecular weight is 524 g/mol. The summed E-state index contributed by atoms with van der Waals surface area (Å²) in [6, 6.07) is 10.5. The molecule has 1 aromatic heterocycles. The van der Waals surface area contributed by atoms with E-state index in [2.05, 4.69) is 35.1 Å². The highest BCUT2D eigenvalue weighted by molar-refractivity contribution is 6.07.